The van der Waals surface area contributed by atoms with Gasteiger partial charge in [-0.2, -0.15) is 5.10 Å². The number of amidine groups is 1. The van der Waals surface area contributed by atoms with Crippen molar-refractivity contribution in [1.29, 1.82) is 0 Å². The Morgan fingerprint density at radius 1 is 1.40 bits per heavy atom. The third-order valence-corrected chi connectivity index (χ3v) is 4.24. The van der Waals surface area contributed by atoms with Crippen LogP contribution in [0.4, 0.5) is 5.69 Å². The molecule has 130 valence electrons. The summed E-state index contributed by atoms with van der Waals surface area (Å²) in [5.74, 6) is -1.20. The number of methoxy groups -OCH3 is 1. The van der Waals surface area contributed by atoms with E-state index in [1.54, 1.807) is 0 Å². The molecule has 1 aliphatic rings. The number of nitrogens with one attached hydrogen (secondary N) is 1. The molecule has 1 N–H and O–H groups in total. The Hall–Kier alpha value is -2.43. The lowest BCUT2D eigenvalue weighted by Gasteiger charge is -1.99. The molecule has 1 aliphatic heterocycles. The molecule has 25 heavy (non-hydrogen) atoms. The minimum atomic E-state index is -0.678. The normalized spacial score (nSPS) is 17.3. The summed E-state index contributed by atoms with van der Waals surface area (Å²) in [6.45, 7) is 0. The minimum Gasteiger partial charge on any atom is -0.466 e. The second-order valence-electron chi connectivity index (χ2n) is 4.32. The van der Waals surface area contributed by atoms with Crippen molar-refractivity contribution < 1.29 is 19.2 Å². The molecule has 0 saturated carbocycles. The van der Waals surface area contributed by atoms with Crippen LogP contribution in [0.5, 0.6) is 0 Å². The van der Waals surface area contributed by atoms with Crippen molar-refractivity contribution in [1.82, 2.24) is 5.32 Å². The van der Waals surface area contributed by atoms with E-state index in [4.69, 9.17) is 23.2 Å². The maximum Gasteiger partial charge on any atom is 0.331 e. The fourth-order valence-electron chi connectivity index (χ4n) is 1.58. The third kappa shape index (κ3) is 4.78. The van der Waals surface area contributed by atoms with Crippen molar-refractivity contribution in [3.05, 3.63) is 48.8 Å². The second-order valence-corrected chi connectivity index (χ2v) is 6.16. The molecule has 1 heterocycles. The summed E-state index contributed by atoms with van der Waals surface area (Å²) in [5, 5.41) is 20.9. The van der Waals surface area contributed by atoms with Gasteiger partial charge >= 0.3 is 5.97 Å². The average Bonchev–Trinajstić information content (AvgIpc) is 2.88. The molecule has 2 rings (SSSR count). The molecule has 1 saturated heterocycles. The van der Waals surface area contributed by atoms with E-state index in [0.29, 0.717) is 0 Å². The largest absolute Gasteiger partial charge is 0.466 e. The van der Waals surface area contributed by atoms with Crippen LogP contribution in [0.2, 0.25) is 10.0 Å². The summed E-state index contributed by atoms with van der Waals surface area (Å²) in [7, 11) is 1.19. The molecule has 1 aromatic carbocycles. The summed E-state index contributed by atoms with van der Waals surface area (Å²) in [5.41, 5.74) is -0.103. The zero-order valence-electron chi connectivity index (χ0n) is 12.4. The van der Waals surface area contributed by atoms with E-state index in [0.717, 1.165) is 23.9 Å². The highest BCUT2D eigenvalue weighted by Crippen LogP contribution is 2.30. The molecule has 9 nitrogen and oxygen atoms in total. The molecule has 0 aliphatic carbocycles. The Kier molecular flexibility index (Phi) is 6.12. The number of benzene rings is 1. The van der Waals surface area contributed by atoms with Crippen LogP contribution in [0.3, 0.4) is 0 Å². The van der Waals surface area contributed by atoms with Gasteiger partial charge in [0.2, 0.25) is 0 Å². The van der Waals surface area contributed by atoms with E-state index >= 15 is 0 Å². The van der Waals surface area contributed by atoms with Gasteiger partial charge in [-0.3, -0.25) is 20.2 Å². The van der Waals surface area contributed by atoms with Crippen molar-refractivity contribution in [2.45, 2.75) is 0 Å². The van der Waals surface area contributed by atoms with Crippen molar-refractivity contribution in [2.75, 3.05) is 7.11 Å². The number of carbonyl (C=O) groups is 2. The lowest BCUT2D eigenvalue weighted by molar-refractivity contribution is -0.384. The van der Waals surface area contributed by atoms with Crippen LogP contribution in [0, 0.1) is 10.1 Å². The van der Waals surface area contributed by atoms with Gasteiger partial charge in [-0.25, -0.2) is 4.79 Å². The molecular weight excluding hydrogens is 395 g/mol. The van der Waals surface area contributed by atoms with Crippen LogP contribution in [0.15, 0.2) is 33.3 Å². The first kappa shape index (κ1) is 18.9. The van der Waals surface area contributed by atoms with Crippen LogP contribution in [0.1, 0.15) is 5.56 Å². The lowest BCUT2D eigenvalue weighted by atomic mass is 10.2. The van der Waals surface area contributed by atoms with Crippen LogP contribution in [0.25, 0.3) is 0 Å². The number of thioether (sulfide) groups is 1. The van der Waals surface area contributed by atoms with Gasteiger partial charge < -0.3 is 4.74 Å². The summed E-state index contributed by atoms with van der Waals surface area (Å²) in [4.78, 5) is 33.1. The Balaban J connectivity index is 2.19. The molecule has 0 radical (unpaired) electrons. The first-order valence-electron chi connectivity index (χ1n) is 6.35. The van der Waals surface area contributed by atoms with Crippen LogP contribution in [-0.2, 0) is 14.3 Å². The van der Waals surface area contributed by atoms with E-state index in [2.05, 4.69) is 20.3 Å². The topological polar surface area (TPSA) is 123 Å². The van der Waals surface area contributed by atoms with E-state index in [9.17, 15) is 19.7 Å². The summed E-state index contributed by atoms with van der Waals surface area (Å²) in [6.07, 6.45) is 2.19. The van der Waals surface area contributed by atoms with E-state index < -0.39 is 16.8 Å². The number of hydrogen-bond donors (Lipinski definition) is 1. The monoisotopic (exact) mass is 402 g/mol. The van der Waals surface area contributed by atoms with Gasteiger partial charge in [0.15, 0.2) is 5.17 Å². The number of nitro groups is 1. The molecule has 1 aromatic rings. The number of ether oxygens (including phenoxy) is 1. The number of esters is 1. The van der Waals surface area contributed by atoms with E-state index in [-0.39, 0.29) is 31.4 Å². The number of amides is 1. The number of hydrogen-bond acceptors (Lipinski definition) is 8. The molecule has 1 fully saturated rings. The average molecular weight is 403 g/mol. The van der Waals surface area contributed by atoms with Crippen LogP contribution < -0.4 is 5.32 Å². The van der Waals surface area contributed by atoms with Gasteiger partial charge in [-0.1, -0.05) is 23.2 Å². The third-order valence-electron chi connectivity index (χ3n) is 2.71. The standard InChI is InChI=1S/C13H8Cl2N4O5S/c1-24-11(20)4-10-12(21)17-13(25-10)18-16-5-6-2-9(19(22)23)8(15)3-7(6)14/h2-5H,1H3,(H,17,18,21)/b10-4+,16-5?. The van der Waals surface area contributed by atoms with Gasteiger partial charge in [0.25, 0.3) is 11.6 Å². The van der Waals surface area contributed by atoms with Gasteiger partial charge in [0.05, 0.1) is 28.2 Å². The smallest absolute Gasteiger partial charge is 0.331 e. The van der Waals surface area contributed by atoms with Crippen LogP contribution >= 0.6 is 35.0 Å². The molecule has 0 atom stereocenters. The number of halogens is 2. The maximum atomic E-state index is 11.6. The highest BCUT2D eigenvalue weighted by atomic mass is 35.5. The van der Waals surface area contributed by atoms with Gasteiger partial charge in [-0.05, 0) is 17.8 Å². The van der Waals surface area contributed by atoms with Crippen LogP contribution in [-0.4, -0.2) is 35.3 Å². The van der Waals surface area contributed by atoms with Crippen molar-refractivity contribution >= 4 is 63.9 Å². The van der Waals surface area contributed by atoms with Crippen molar-refractivity contribution in [3.8, 4) is 0 Å². The summed E-state index contributed by atoms with van der Waals surface area (Å²) < 4.78 is 4.43. The van der Waals surface area contributed by atoms with Gasteiger partial charge in [-0.15, -0.1) is 5.10 Å². The number of nitro benzene ring substituents is 1. The molecule has 0 aromatic heterocycles. The highest BCUT2D eigenvalue weighted by molar-refractivity contribution is 8.18. The Morgan fingerprint density at radius 2 is 2.12 bits per heavy atom. The molecule has 0 unspecified atom stereocenters. The minimum absolute atomic E-state index is 0.0981. The second kappa shape index (κ2) is 8.10. The van der Waals surface area contributed by atoms with E-state index in [1.165, 1.54) is 19.4 Å². The predicted molar refractivity (Wildman–Crippen MR) is 94.0 cm³/mol. The Morgan fingerprint density at radius 3 is 2.76 bits per heavy atom. The fraction of sp³-hybridized carbons (Fsp3) is 0.0769. The van der Waals surface area contributed by atoms with Gasteiger partial charge in [0, 0.05) is 17.7 Å². The first-order chi connectivity index (χ1) is 11.8. The fourth-order valence-corrected chi connectivity index (χ4v) is 2.82. The maximum absolute atomic E-state index is 11.6. The molecule has 0 bridgehead atoms. The molecule has 0 spiro atoms. The quantitative estimate of drug-likeness (QED) is 0.271. The number of carbonyl (C=O) groups excluding carboxylic acids is 2. The Bertz CT molecular complexity index is 853. The Labute approximate surface area is 154 Å². The number of rotatable bonds is 4. The molecule has 12 heteroatoms. The van der Waals surface area contributed by atoms with Crippen molar-refractivity contribution in [3.63, 3.8) is 0 Å². The summed E-state index contributed by atoms with van der Waals surface area (Å²) >= 11 is 12.6. The number of nitrogens with zero attached hydrogens (tertiary/aromatic N) is 3. The zero-order chi connectivity index (χ0) is 18.6. The first-order valence-corrected chi connectivity index (χ1v) is 7.92. The van der Waals surface area contributed by atoms with Crippen molar-refractivity contribution in [2.24, 2.45) is 10.2 Å². The zero-order valence-corrected chi connectivity index (χ0v) is 14.7. The predicted octanol–water partition coefficient (Wildman–Crippen LogP) is 2.51. The lowest BCUT2D eigenvalue weighted by Crippen LogP contribution is -2.19. The molecule has 1 amide bonds. The summed E-state index contributed by atoms with van der Waals surface area (Å²) in [6, 6.07) is 2.37. The van der Waals surface area contributed by atoms with E-state index in [1.807, 2.05) is 0 Å². The molecular formula is C13H8Cl2N4O5S. The highest BCUT2D eigenvalue weighted by Gasteiger charge is 2.25. The SMILES string of the molecule is COC(=O)/C=C1/S/C(=N\N=Cc2cc([N+](=O)[O-])c(Cl)cc2Cl)NC1=O. The van der Waals surface area contributed by atoms with Gasteiger partial charge in [0.1, 0.15) is 5.02 Å².